The van der Waals surface area contributed by atoms with Gasteiger partial charge in [-0.1, -0.05) is 12.1 Å². The van der Waals surface area contributed by atoms with E-state index in [9.17, 15) is 4.79 Å². The molecule has 0 atom stereocenters. The van der Waals surface area contributed by atoms with Gasteiger partial charge in [-0.3, -0.25) is 9.89 Å². The summed E-state index contributed by atoms with van der Waals surface area (Å²) in [6, 6.07) is 15.2. The number of carbonyl (C=O) groups excluding carboxylic acids is 1. The molecule has 5 nitrogen and oxygen atoms in total. The van der Waals surface area contributed by atoms with E-state index in [1.807, 2.05) is 63.2 Å². The Labute approximate surface area is 147 Å². The Kier molecular flexibility index (Phi) is 4.84. The average molecular weight is 335 g/mol. The van der Waals surface area contributed by atoms with Crippen LogP contribution in [0.2, 0.25) is 0 Å². The highest BCUT2D eigenvalue weighted by Gasteiger charge is 2.13. The minimum atomic E-state index is -0.210. The molecule has 0 unspecified atom stereocenters. The molecule has 0 aliphatic carbocycles. The molecule has 1 aromatic heterocycles. The maximum Gasteiger partial charge on any atom is 0.273 e. The Bertz CT molecular complexity index is 882. The molecule has 0 saturated carbocycles. The zero-order chi connectivity index (χ0) is 17.8. The second-order valence-electron chi connectivity index (χ2n) is 5.83. The van der Waals surface area contributed by atoms with Crippen LogP contribution >= 0.6 is 0 Å². The molecule has 2 N–H and O–H groups in total. The number of rotatable bonds is 5. The topological polar surface area (TPSA) is 67.0 Å². The van der Waals surface area contributed by atoms with Gasteiger partial charge >= 0.3 is 0 Å². The molecule has 5 heteroatoms. The van der Waals surface area contributed by atoms with Gasteiger partial charge < -0.3 is 10.1 Å². The highest BCUT2D eigenvalue weighted by molar-refractivity contribution is 6.03. The number of hydrogen-bond donors (Lipinski definition) is 2. The summed E-state index contributed by atoms with van der Waals surface area (Å²) >= 11 is 0. The van der Waals surface area contributed by atoms with Crippen LogP contribution in [0.5, 0.6) is 5.75 Å². The van der Waals surface area contributed by atoms with E-state index in [0.29, 0.717) is 18.0 Å². The SMILES string of the molecule is CCOc1ccc(-c2cc(C(=O)Nc3cccc(C)c3C)[nH]n2)cc1. The Hall–Kier alpha value is -3.08. The third-order valence-electron chi connectivity index (χ3n) is 4.14. The van der Waals surface area contributed by atoms with Crippen LogP contribution in [0, 0.1) is 13.8 Å². The van der Waals surface area contributed by atoms with Crippen LogP contribution in [0.25, 0.3) is 11.3 Å². The molecular weight excluding hydrogens is 314 g/mol. The molecule has 128 valence electrons. The number of carbonyl (C=O) groups is 1. The Balaban J connectivity index is 1.76. The molecule has 0 fully saturated rings. The Morgan fingerprint density at radius 1 is 1.16 bits per heavy atom. The van der Waals surface area contributed by atoms with Crippen molar-refractivity contribution in [3.05, 3.63) is 65.4 Å². The minimum Gasteiger partial charge on any atom is -0.494 e. The van der Waals surface area contributed by atoms with Crippen molar-refractivity contribution < 1.29 is 9.53 Å². The number of aromatic amines is 1. The first kappa shape index (κ1) is 16.8. The van der Waals surface area contributed by atoms with E-state index < -0.39 is 0 Å². The summed E-state index contributed by atoms with van der Waals surface area (Å²) in [6.45, 7) is 6.58. The van der Waals surface area contributed by atoms with E-state index in [4.69, 9.17) is 4.74 Å². The lowest BCUT2D eigenvalue weighted by molar-refractivity contribution is 0.102. The number of benzene rings is 2. The van der Waals surface area contributed by atoms with Crippen LogP contribution in [-0.4, -0.2) is 22.7 Å². The standard InChI is InChI=1S/C20H21N3O2/c1-4-25-16-10-8-15(9-11-16)18-12-19(23-22-18)20(24)21-17-7-5-6-13(2)14(17)3/h5-12H,4H2,1-3H3,(H,21,24)(H,22,23). The van der Waals surface area contributed by atoms with Gasteiger partial charge in [-0.15, -0.1) is 0 Å². The van der Waals surface area contributed by atoms with Crippen LogP contribution in [0.3, 0.4) is 0 Å². The molecule has 1 heterocycles. The van der Waals surface area contributed by atoms with Crippen LogP contribution in [0.15, 0.2) is 48.5 Å². The fourth-order valence-electron chi connectivity index (χ4n) is 2.55. The lowest BCUT2D eigenvalue weighted by Crippen LogP contribution is -2.13. The molecule has 0 saturated heterocycles. The smallest absolute Gasteiger partial charge is 0.273 e. The number of aryl methyl sites for hydroxylation is 1. The van der Waals surface area contributed by atoms with Crippen molar-refractivity contribution in [2.75, 3.05) is 11.9 Å². The second kappa shape index (κ2) is 7.21. The molecule has 0 aliphatic rings. The number of aromatic nitrogens is 2. The first-order chi connectivity index (χ1) is 12.1. The number of amides is 1. The number of H-pyrrole nitrogens is 1. The van der Waals surface area contributed by atoms with Crippen molar-refractivity contribution in [2.45, 2.75) is 20.8 Å². The van der Waals surface area contributed by atoms with Crippen molar-refractivity contribution in [3.63, 3.8) is 0 Å². The summed E-state index contributed by atoms with van der Waals surface area (Å²) in [4.78, 5) is 12.5. The molecular formula is C20H21N3O2. The van der Waals surface area contributed by atoms with Crippen molar-refractivity contribution in [2.24, 2.45) is 0 Å². The maximum atomic E-state index is 12.5. The summed E-state index contributed by atoms with van der Waals surface area (Å²) in [5.74, 6) is 0.605. The summed E-state index contributed by atoms with van der Waals surface area (Å²) in [5, 5.41) is 9.97. The van der Waals surface area contributed by atoms with Crippen molar-refractivity contribution in [3.8, 4) is 17.0 Å². The number of hydrogen-bond acceptors (Lipinski definition) is 3. The lowest BCUT2D eigenvalue weighted by Gasteiger charge is -2.09. The largest absolute Gasteiger partial charge is 0.494 e. The second-order valence-corrected chi connectivity index (χ2v) is 5.83. The van der Waals surface area contributed by atoms with E-state index in [1.165, 1.54) is 0 Å². The first-order valence-electron chi connectivity index (χ1n) is 8.24. The predicted octanol–water partition coefficient (Wildman–Crippen LogP) is 4.34. The van der Waals surface area contributed by atoms with Gasteiger partial charge in [-0.05, 0) is 68.3 Å². The van der Waals surface area contributed by atoms with E-state index in [1.54, 1.807) is 6.07 Å². The molecule has 2 aromatic carbocycles. The van der Waals surface area contributed by atoms with Gasteiger partial charge in [-0.25, -0.2) is 0 Å². The van der Waals surface area contributed by atoms with E-state index in [-0.39, 0.29) is 5.91 Å². The Morgan fingerprint density at radius 3 is 2.64 bits per heavy atom. The summed E-state index contributed by atoms with van der Waals surface area (Å²) < 4.78 is 5.44. The molecule has 3 rings (SSSR count). The van der Waals surface area contributed by atoms with Gasteiger partial charge in [0, 0.05) is 11.3 Å². The van der Waals surface area contributed by atoms with Gasteiger partial charge in [0.25, 0.3) is 5.91 Å². The molecule has 0 aliphatic heterocycles. The number of nitrogens with one attached hydrogen (secondary N) is 2. The Morgan fingerprint density at radius 2 is 1.92 bits per heavy atom. The van der Waals surface area contributed by atoms with Gasteiger partial charge in [0.1, 0.15) is 11.4 Å². The third kappa shape index (κ3) is 3.71. The first-order valence-corrected chi connectivity index (χ1v) is 8.24. The van der Waals surface area contributed by atoms with Gasteiger partial charge in [0.05, 0.1) is 12.3 Å². The molecule has 0 radical (unpaired) electrons. The summed E-state index contributed by atoms with van der Waals surface area (Å²) in [7, 11) is 0. The van der Waals surface area contributed by atoms with Crippen LogP contribution in [0.4, 0.5) is 5.69 Å². The van der Waals surface area contributed by atoms with Crippen molar-refractivity contribution in [1.29, 1.82) is 0 Å². The highest BCUT2D eigenvalue weighted by Crippen LogP contribution is 2.22. The van der Waals surface area contributed by atoms with Crippen LogP contribution in [-0.2, 0) is 0 Å². The number of anilines is 1. The molecule has 1 amide bonds. The fourth-order valence-corrected chi connectivity index (χ4v) is 2.55. The van der Waals surface area contributed by atoms with Gasteiger partial charge in [-0.2, -0.15) is 5.10 Å². The molecule has 25 heavy (non-hydrogen) atoms. The van der Waals surface area contributed by atoms with Crippen molar-refractivity contribution in [1.82, 2.24) is 10.2 Å². The maximum absolute atomic E-state index is 12.5. The summed E-state index contributed by atoms with van der Waals surface area (Å²) in [5.41, 5.74) is 5.06. The zero-order valence-electron chi connectivity index (χ0n) is 14.6. The van der Waals surface area contributed by atoms with Gasteiger partial charge in [0.15, 0.2) is 0 Å². The predicted molar refractivity (Wildman–Crippen MR) is 99.1 cm³/mol. The molecule has 0 spiro atoms. The highest BCUT2D eigenvalue weighted by atomic mass is 16.5. The molecule has 3 aromatic rings. The van der Waals surface area contributed by atoms with Gasteiger partial charge in [0.2, 0.25) is 0 Å². The summed E-state index contributed by atoms with van der Waals surface area (Å²) in [6.07, 6.45) is 0. The van der Waals surface area contributed by atoms with Crippen LogP contribution in [0.1, 0.15) is 28.5 Å². The normalized spacial score (nSPS) is 10.5. The minimum absolute atomic E-state index is 0.210. The quantitative estimate of drug-likeness (QED) is 0.728. The molecule has 0 bridgehead atoms. The van der Waals surface area contributed by atoms with E-state index in [2.05, 4.69) is 15.5 Å². The van der Waals surface area contributed by atoms with E-state index in [0.717, 1.165) is 28.1 Å². The third-order valence-corrected chi connectivity index (χ3v) is 4.14. The lowest BCUT2D eigenvalue weighted by atomic mass is 10.1. The zero-order valence-corrected chi connectivity index (χ0v) is 14.6. The van der Waals surface area contributed by atoms with Crippen LogP contribution < -0.4 is 10.1 Å². The van der Waals surface area contributed by atoms with E-state index >= 15 is 0 Å². The fraction of sp³-hybridized carbons (Fsp3) is 0.200. The number of ether oxygens (including phenoxy) is 1. The monoisotopic (exact) mass is 335 g/mol. The number of nitrogens with zero attached hydrogens (tertiary/aromatic N) is 1. The van der Waals surface area contributed by atoms with Crippen molar-refractivity contribution >= 4 is 11.6 Å². The average Bonchev–Trinajstić information content (AvgIpc) is 3.10.